The maximum absolute atomic E-state index is 6.22. The van der Waals surface area contributed by atoms with Crippen molar-refractivity contribution >= 4 is 15.9 Å². The highest BCUT2D eigenvalue weighted by Crippen LogP contribution is 2.31. The minimum Gasteiger partial charge on any atom is -0.496 e. The molecule has 0 saturated carbocycles. The van der Waals surface area contributed by atoms with Crippen LogP contribution in [0.3, 0.4) is 0 Å². The Balaban J connectivity index is 2.29. The van der Waals surface area contributed by atoms with Crippen LogP contribution in [0.1, 0.15) is 30.0 Å². The summed E-state index contributed by atoms with van der Waals surface area (Å²) >= 11 is 3.58. The normalized spacial score (nSPS) is 17.6. The maximum atomic E-state index is 6.22. The van der Waals surface area contributed by atoms with Gasteiger partial charge in [0, 0.05) is 4.47 Å². The molecule has 1 heterocycles. The average molecular weight is 282 g/mol. The van der Waals surface area contributed by atoms with Crippen molar-refractivity contribution in [3.63, 3.8) is 0 Å². The molecule has 0 bridgehead atoms. The monoisotopic (exact) mass is 281 g/mol. The van der Waals surface area contributed by atoms with Gasteiger partial charge in [0.1, 0.15) is 5.76 Å². The molecule has 1 aromatic rings. The molecule has 2 rings (SSSR count). The molecule has 0 amide bonds. The molecule has 1 unspecified atom stereocenters. The molecule has 1 aliphatic heterocycles. The molecule has 1 aromatic carbocycles. The van der Waals surface area contributed by atoms with E-state index >= 15 is 0 Å². The zero-order valence-corrected chi connectivity index (χ0v) is 11.0. The molecule has 1 aliphatic rings. The fourth-order valence-corrected chi connectivity index (χ4v) is 2.37. The highest BCUT2D eigenvalue weighted by atomic mass is 79.9. The zero-order chi connectivity index (χ0) is 11.5. The summed E-state index contributed by atoms with van der Waals surface area (Å²) in [7, 11) is 0. The molecule has 0 spiro atoms. The molecule has 0 fully saturated rings. The summed E-state index contributed by atoms with van der Waals surface area (Å²) in [5.41, 5.74) is 8.51. The lowest BCUT2D eigenvalue weighted by Crippen LogP contribution is -2.18. The summed E-state index contributed by atoms with van der Waals surface area (Å²) in [6.45, 7) is 2.85. The lowest BCUT2D eigenvalue weighted by atomic mass is 10.0. The number of hydrogen-bond acceptors (Lipinski definition) is 2. The molecule has 2 nitrogen and oxygen atoms in total. The van der Waals surface area contributed by atoms with Gasteiger partial charge in [-0.3, -0.25) is 0 Å². The number of hydrogen-bond donors (Lipinski definition) is 1. The quantitative estimate of drug-likeness (QED) is 0.901. The summed E-state index contributed by atoms with van der Waals surface area (Å²) in [6, 6.07) is 5.98. The molecule has 0 aromatic heterocycles. The first-order valence-corrected chi connectivity index (χ1v) is 6.33. The Kier molecular flexibility index (Phi) is 3.66. The standard InChI is InChI=1S/C13H16BrNO/c1-9-5-4-6-10(12(9)14)13(15)11-7-2-3-8-16-11/h4-7,13H,2-3,8,15H2,1H3. The van der Waals surface area contributed by atoms with Crippen LogP contribution in [0.2, 0.25) is 0 Å². The zero-order valence-electron chi connectivity index (χ0n) is 9.37. The molecular formula is C13H16BrNO. The van der Waals surface area contributed by atoms with E-state index < -0.39 is 0 Å². The number of benzene rings is 1. The van der Waals surface area contributed by atoms with Gasteiger partial charge in [-0.05, 0) is 37.0 Å². The minimum absolute atomic E-state index is 0.158. The second kappa shape index (κ2) is 5.02. The number of nitrogens with two attached hydrogens (primary N) is 1. The van der Waals surface area contributed by atoms with Crippen LogP contribution < -0.4 is 5.73 Å². The van der Waals surface area contributed by atoms with E-state index in [9.17, 15) is 0 Å². The van der Waals surface area contributed by atoms with Crippen LogP contribution >= 0.6 is 15.9 Å². The highest BCUT2D eigenvalue weighted by molar-refractivity contribution is 9.10. The van der Waals surface area contributed by atoms with Crippen LogP contribution in [0.25, 0.3) is 0 Å². The Morgan fingerprint density at radius 2 is 2.25 bits per heavy atom. The SMILES string of the molecule is Cc1cccc(C(N)C2=CCCCO2)c1Br. The topological polar surface area (TPSA) is 35.2 Å². The molecule has 1 atom stereocenters. The fourth-order valence-electron chi connectivity index (χ4n) is 1.86. The van der Waals surface area contributed by atoms with Gasteiger partial charge in [0.25, 0.3) is 0 Å². The molecule has 16 heavy (non-hydrogen) atoms. The minimum atomic E-state index is -0.158. The van der Waals surface area contributed by atoms with Gasteiger partial charge in [-0.2, -0.15) is 0 Å². The number of rotatable bonds is 2. The highest BCUT2D eigenvalue weighted by Gasteiger charge is 2.18. The lowest BCUT2D eigenvalue weighted by molar-refractivity contribution is 0.175. The van der Waals surface area contributed by atoms with Crippen LogP contribution in [0.15, 0.2) is 34.5 Å². The number of halogens is 1. The second-order valence-electron chi connectivity index (χ2n) is 4.05. The van der Waals surface area contributed by atoms with Crippen LogP contribution in [0.4, 0.5) is 0 Å². The van der Waals surface area contributed by atoms with Crippen LogP contribution in [-0.2, 0) is 4.74 Å². The predicted molar refractivity (Wildman–Crippen MR) is 69.1 cm³/mol. The largest absolute Gasteiger partial charge is 0.496 e. The third-order valence-electron chi connectivity index (χ3n) is 2.83. The first-order valence-electron chi connectivity index (χ1n) is 5.53. The summed E-state index contributed by atoms with van der Waals surface area (Å²) in [5, 5.41) is 0. The number of allylic oxidation sites excluding steroid dienone is 1. The molecular weight excluding hydrogens is 266 g/mol. The van der Waals surface area contributed by atoms with E-state index in [0.29, 0.717) is 0 Å². The van der Waals surface area contributed by atoms with E-state index in [1.54, 1.807) is 0 Å². The maximum Gasteiger partial charge on any atom is 0.113 e. The summed E-state index contributed by atoms with van der Waals surface area (Å²) < 4.78 is 6.69. The molecule has 0 saturated heterocycles. The van der Waals surface area contributed by atoms with Gasteiger partial charge in [0.2, 0.25) is 0 Å². The van der Waals surface area contributed by atoms with E-state index in [4.69, 9.17) is 10.5 Å². The Bertz CT molecular complexity index is 414. The van der Waals surface area contributed by atoms with Crippen molar-refractivity contribution < 1.29 is 4.74 Å². The van der Waals surface area contributed by atoms with Crippen molar-refractivity contribution in [2.45, 2.75) is 25.8 Å². The molecule has 86 valence electrons. The molecule has 2 N–H and O–H groups in total. The van der Waals surface area contributed by atoms with E-state index in [2.05, 4.69) is 35.0 Å². The van der Waals surface area contributed by atoms with Crippen molar-refractivity contribution in [1.82, 2.24) is 0 Å². The Morgan fingerprint density at radius 1 is 1.44 bits per heavy atom. The van der Waals surface area contributed by atoms with E-state index in [0.717, 1.165) is 35.2 Å². The van der Waals surface area contributed by atoms with E-state index in [-0.39, 0.29) is 6.04 Å². The van der Waals surface area contributed by atoms with Gasteiger partial charge in [0.15, 0.2) is 0 Å². The van der Waals surface area contributed by atoms with Crippen molar-refractivity contribution in [1.29, 1.82) is 0 Å². The Labute approximate surface area is 105 Å². The summed E-state index contributed by atoms with van der Waals surface area (Å²) in [5.74, 6) is 0.901. The smallest absolute Gasteiger partial charge is 0.113 e. The van der Waals surface area contributed by atoms with Crippen molar-refractivity contribution in [2.75, 3.05) is 6.61 Å². The van der Waals surface area contributed by atoms with Gasteiger partial charge < -0.3 is 10.5 Å². The van der Waals surface area contributed by atoms with Gasteiger partial charge in [-0.25, -0.2) is 0 Å². The van der Waals surface area contributed by atoms with Crippen molar-refractivity contribution in [3.8, 4) is 0 Å². The van der Waals surface area contributed by atoms with E-state index in [1.807, 2.05) is 12.1 Å². The molecule has 0 aliphatic carbocycles. The lowest BCUT2D eigenvalue weighted by Gasteiger charge is -2.22. The second-order valence-corrected chi connectivity index (χ2v) is 4.85. The van der Waals surface area contributed by atoms with E-state index in [1.165, 1.54) is 5.56 Å². The number of ether oxygens (including phenoxy) is 1. The first kappa shape index (κ1) is 11.7. The van der Waals surface area contributed by atoms with Crippen LogP contribution in [-0.4, -0.2) is 6.61 Å². The van der Waals surface area contributed by atoms with Gasteiger partial charge >= 0.3 is 0 Å². The Morgan fingerprint density at radius 3 is 2.94 bits per heavy atom. The summed E-state index contributed by atoms with van der Waals surface area (Å²) in [4.78, 5) is 0. The van der Waals surface area contributed by atoms with Gasteiger partial charge in [0.05, 0.1) is 12.6 Å². The third-order valence-corrected chi connectivity index (χ3v) is 3.91. The van der Waals surface area contributed by atoms with Crippen molar-refractivity contribution in [2.24, 2.45) is 5.73 Å². The first-order chi connectivity index (χ1) is 7.70. The summed E-state index contributed by atoms with van der Waals surface area (Å²) in [6.07, 6.45) is 4.25. The van der Waals surface area contributed by atoms with Gasteiger partial charge in [-0.15, -0.1) is 0 Å². The molecule has 3 heteroatoms. The fraction of sp³-hybridized carbons (Fsp3) is 0.385. The van der Waals surface area contributed by atoms with Crippen LogP contribution in [0, 0.1) is 6.92 Å². The van der Waals surface area contributed by atoms with Crippen LogP contribution in [0.5, 0.6) is 0 Å². The average Bonchev–Trinajstić information content (AvgIpc) is 2.33. The third kappa shape index (κ3) is 2.30. The van der Waals surface area contributed by atoms with Gasteiger partial charge in [-0.1, -0.05) is 34.1 Å². The number of aryl methyl sites for hydroxylation is 1. The Hall–Kier alpha value is -0.800. The van der Waals surface area contributed by atoms with Crippen molar-refractivity contribution in [3.05, 3.63) is 45.6 Å². The predicted octanol–water partition coefficient (Wildman–Crippen LogP) is 3.45. The molecule has 0 radical (unpaired) electrons.